The van der Waals surface area contributed by atoms with E-state index in [1.165, 1.54) is 18.5 Å². The summed E-state index contributed by atoms with van der Waals surface area (Å²) in [6, 6.07) is 6.20. The summed E-state index contributed by atoms with van der Waals surface area (Å²) in [5.41, 5.74) is 2.21. The second-order valence-corrected chi connectivity index (χ2v) is 4.93. The van der Waals surface area contributed by atoms with Gasteiger partial charge in [0.1, 0.15) is 0 Å². The molecule has 0 aliphatic carbocycles. The van der Waals surface area contributed by atoms with Gasteiger partial charge in [0, 0.05) is 23.2 Å². The Kier molecular flexibility index (Phi) is 3.32. The highest BCUT2D eigenvalue weighted by Crippen LogP contribution is 2.29. The first-order valence-electron chi connectivity index (χ1n) is 5.41. The summed E-state index contributed by atoms with van der Waals surface area (Å²) in [6.07, 6.45) is 2.16. The molecule has 0 bridgehead atoms. The van der Waals surface area contributed by atoms with Gasteiger partial charge in [-0.2, -0.15) is 0 Å². The van der Waals surface area contributed by atoms with E-state index in [2.05, 4.69) is 33.0 Å². The Labute approximate surface area is 99.0 Å². The zero-order valence-corrected chi connectivity index (χ0v) is 10.5. The fourth-order valence-corrected chi connectivity index (χ4v) is 2.72. The van der Waals surface area contributed by atoms with Gasteiger partial charge < -0.3 is 10.0 Å². The number of nitrogens with zero attached hydrogens (tertiary/aromatic N) is 1. The predicted molar refractivity (Wildman–Crippen MR) is 66.2 cm³/mol. The first-order chi connectivity index (χ1) is 7.18. The van der Waals surface area contributed by atoms with Crippen molar-refractivity contribution in [3.63, 3.8) is 0 Å². The van der Waals surface area contributed by atoms with E-state index in [0.717, 1.165) is 23.1 Å². The van der Waals surface area contributed by atoms with Crippen LogP contribution in [-0.4, -0.2) is 18.2 Å². The maximum Gasteiger partial charge on any atom is 0.0772 e. The second kappa shape index (κ2) is 4.54. The van der Waals surface area contributed by atoms with Crippen molar-refractivity contribution in [1.29, 1.82) is 0 Å². The number of aliphatic hydroxyl groups is 1. The van der Waals surface area contributed by atoms with E-state index in [1.807, 2.05) is 6.07 Å². The highest BCUT2D eigenvalue weighted by Gasteiger charge is 2.14. The molecule has 15 heavy (non-hydrogen) atoms. The number of anilines is 1. The Bertz CT molecular complexity index is 345. The molecule has 3 heteroatoms. The smallest absolute Gasteiger partial charge is 0.0772 e. The standard InChI is InChI=1S/C12H16BrNO/c1-9(15)11-5-4-10(8-12(11)13)14-6-2-3-7-14/h4-5,8-9,15H,2-3,6-7H2,1H3. The Morgan fingerprint density at radius 1 is 1.33 bits per heavy atom. The molecule has 0 radical (unpaired) electrons. The molecule has 1 aromatic rings. The first-order valence-corrected chi connectivity index (χ1v) is 6.20. The van der Waals surface area contributed by atoms with Crippen LogP contribution in [0.5, 0.6) is 0 Å². The van der Waals surface area contributed by atoms with Gasteiger partial charge in [-0.05, 0) is 37.5 Å². The van der Waals surface area contributed by atoms with Crippen LogP contribution in [0.25, 0.3) is 0 Å². The average molecular weight is 270 g/mol. The quantitative estimate of drug-likeness (QED) is 0.892. The third-order valence-corrected chi connectivity index (χ3v) is 3.59. The fourth-order valence-electron chi connectivity index (χ4n) is 2.03. The second-order valence-electron chi connectivity index (χ2n) is 4.08. The van der Waals surface area contributed by atoms with Crippen molar-refractivity contribution in [2.45, 2.75) is 25.9 Å². The molecular formula is C12H16BrNO. The van der Waals surface area contributed by atoms with E-state index >= 15 is 0 Å². The Morgan fingerprint density at radius 2 is 2.00 bits per heavy atom. The largest absolute Gasteiger partial charge is 0.389 e. The molecule has 0 amide bonds. The summed E-state index contributed by atoms with van der Waals surface area (Å²) >= 11 is 3.51. The molecule has 1 aliphatic rings. The van der Waals surface area contributed by atoms with E-state index in [1.54, 1.807) is 6.92 Å². The van der Waals surface area contributed by atoms with Crippen LogP contribution in [0.4, 0.5) is 5.69 Å². The molecule has 0 spiro atoms. The Balaban J connectivity index is 2.24. The van der Waals surface area contributed by atoms with E-state index in [-0.39, 0.29) is 0 Å². The molecule has 1 N–H and O–H groups in total. The van der Waals surface area contributed by atoms with Crippen molar-refractivity contribution >= 4 is 21.6 Å². The van der Waals surface area contributed by atoms with E-state index in [4.69, 9.17) is 0 Å². The van der Waals surface area contributed by atoms with Gasteiger partial charge in [0.15, 0.2) is 0 Å². The summed E-state index contributed by atoms with van der Waals surface area (Å²) in [5, 5.41) is 9.52. The van der Waals surface area contributed by atoms with E-state index in [9.17, 15) is 5.11 Å². The topological polar surface area (TPSA) is 23.5 Å². The molecule has 1 aromatic carbocycles. The lowest BCUT2D eigenvalue weighted by atomic mass is 10.1. The SMILES string of the molecule is CC(O)c1ccc(N2CCCC2)cc1Br. The maximum absolute atomic E-state index is 9.52. The lowest BCUT2D eigenvalue weighted by Gasteiger charge is -2.19. The molecule has 1 atom stereocenters. The molecule has 2 nitrogen and oxygen atoms in total. The van der Waals surface area contributed by atoms with Gasteiger partial charge in [0.25, 0.3) is 0 Å². The molecule has 1 unspecified atom stereocenters. The van der Waals surface area contributed by atoms with Crippen molar-refractivity contribution in [1.82, 2.24) is 0 Å². The van der Waals surface area contributed by atoms with E-state index < -0.39 is 6.10 Å². The van der Waals surface area contributed by atoms with Crippen LogP contribution in [0, 0.1) is 0 Å². The monoisotopic (exact) mass is 269 g/mol. The third-order valence-electron chi connectivity index (χ3n) is 2.91. The lowest BCUT2D eigenvalue weighted by molar-refractivity contribution is 0.198. The lowest BCUT2D eigenvalue weighted by Crippen LogP contribution is -2.17. The number of benzene rings is 1. The Morgan fingerprint density at radius 3 is 2.53 bits per heavy atom. The molecule has 1 fully saturated rings. The zero-order valence-electron chi connectivity index (χ0n) is 8.91. The molecule has 1 heterocycles. The van der Waals surface area contributed by atoms with Crippen LogP contribution >= 0.6 is 15.9 Å². The van der Waals surface area contributed by atoms with Gasteiger partial charge in [0.05, 0.1) is 6.10 Å². The summed E-state index contributed by atoms with van der Waals surface area (Å²) < 4.78 is 1.00. The summed E-state index contributed by atoms with van der Waals surface area (Å²) in [7, 11) is 0. The molecular weight excluding hydrogens is 254 g/mol. The molecule has 1 saturated heterocycles. The van der Waals surface area contributed by atoms with Crippen LogP contribution in [0.2, 0.25) is 0 Å². The average Bonchev–Trinajstić information content (AvgIpc) is 2.69. The summed E-state index contributed by atoms with van der Waals surface area (Å²) in [5.74, 6) is 0. The molecule has 82 valence electrons. The van der Waals surface area contributed by atoms with Crippen LogP contribution in [-0.2, 0) is 0 Å². The highest BCUT2D eigenvalue weighted by molar-refractivity contribution is 9.10. The van der Waals surface area contributed by atoms with Gasteiger partial charge in [-0.15, -0.1) is 0 Å². The minimum Gasteiger partial charge on any atom is -0.389 e. The third kappa shape index (κ3) is 2.34. The number of hydrogen-bond acceptors (Lipinski definition) is 2. The van der Waals surface area contributed by atoms with Crippen LogP contribution < -0.4 is 4.90 Å². The molecule has 0 aromatic heterocycles. The van der Waals surface area contributed by atoms with Gasteiger partial charge in [-0.1, -0.05) is 22.0 Å². The number of aliphatic hydroxyl groups excluding tert-OH is 1. The van der Waals surface area contributed by atoms with Crippen molar-refractivity contribution < 1.29 is 5.11 Å². The summed E-state index contributed by atoms with van der Waals surface area (Å²) in [4.78, 5) is 2.39. The molecule has 2 rings (SSSR count). The number of hydrogen-bond donors (Lipinski definition) is 1. The predicted octanol–water partition coefficient (Wildman–Crippen LogP) is 3.10. The van der Waals surface area contributed by atoms with Gasteiger partial charge in [-0.3, -0.25) is 0 Å². The first kappa shape index (κ1) is 11.0. The van der Waals surface area contributed by atoms with Crippen molar-refractivity contribution in [3.05, 3.63) is 28.2 Å². The van der Waals surface area contributed by atoms with Crippen molar-refractivity contribution in [3.8, 4) is 0 Å². The van der Waals surface area contributed by atoms with Crippen LogP contribution in [0.1, 0.15) is 31.4 Å². The summed E-state index contributed by atoms with van der Waals surface area (Å²) in [6.45, 7) is 4.09. The zero-order chi connectivity index (χ0) is 10.8. The van der Waals surface area contributed by atoms with Crippen molar-refractivity contribution in [2.75, 3.05) is 18.0 Å². The number of rotatable bonds is 2. The maximum atomic E-state index is 9.52. The normalized spacial score (nSPS) is 18.2. The fraction of sp³-hybridized carbons (Fsp3) is 0.500. The van der Waals surface area contributed by atoms with Gasteiger partial charge in [-0.25, -0.2) is 0 Å². The van der Waals surface area contributed by atoms with Crippen molar-refractivity contribution in [2.24, 2.45) is 0 Å². The molecule has 1 aliphatic heterocycles. The molecule has 0 saturated carbocycles. The van der Waals surface area contributed by atoms with Gasteiger partial charge in [0.2, 0.25) is 0 Å². The van der Waals surface area contributed by atoms with E-state index in [0.29, 0.717) is 0 Å². The van der Waals surface area contributed by atoms with Crippen LogP contribution in [0.3, 0.4) is 0 Å². The minimum absolute atomic E-state index is 0.410. The van der Waals surface area contributed by atoms with Gasteiger partial charge >= 0.3 is 0 Å². The highest BCUT2D eigenvalue weighted by atomic mass is 79.9. The van der Waals surface area contributed by atoms with Crippen LogP contribution in [0.15, 0.2) is 22.7 Å². The Hall–Kier alpha value is -0.540. The minimum atomic E-state index is -0.410. The number of halogens is 1.